The smallest absolute Gasteiger partial charge is 0.822 e. The Bertz CT molecular complexity index is 132. The van der Waals surface area contributed by atoms with Crippen LogP contribution < -0.4 is 29.4 Å². The number of hydrogen-bond donors (Lipinski definition) is 0. The van der Waals surface area contributed by atoms with Crippen LogP contribution in [-0.4, -0.2) is 16.4 Å². The van der Waals surface area contributed by atoms with Crippen molar-refractivity contribution in [3.8, 4) is 0 Å². The molecule has 0 aliphatic heterocycles. The summed E-state index contributed by atoms with van der Waals surface area (Å²) >= 11 is 0. The Balaban J connectivity index is -0.00000000970. The van der Waals surface area contributed by atoms with E-state index in [9.17, 15) is 0 Å². The van der Waals surface area contributed by atoms with Crippen LogP contribution in [0.1, 0.15) is 0 Å². The van der Waals surface area contributed by atoms with Gasteiger partial charge in [0.15, 0.2) is 0 Å². The van der Waals surface area contributed by atoms with Crippen molar-refractivity contribution < 1.29 is 106 Å². The van der Waals surface area contributed by atoms with Gasteiger partial charge in [-0.3, -0.25) is 0 Å². The van der Waals surface area contributed by atoms with Crippen molar-refractivity contribution in [3.05, 3.63) is 0 Å². The van der Waals surface area contributed by atoms with Gasteiger partial charge in [0.25, 0.3) is 0 Å². The van der Waals surface area contributed by atoms with E-state index in [4.69, 9.17) is 38.5 Å². The van der Waals surface area contributed by atoms with Crippen molar-refractivity contribution >= 4 is 15.6 Å². The Morgan fingerprint density at radius 2 is 0.500 bits per heavy atom. The maximum atomic E-state index is 8.55. The van der Waals surface area contributed by atoms with Gasteiger partial charge in [-0.15, -0.1) is 0 Å². The molecule has 0 saturated carbocycles. The van der Waals surface area contributed by atoms with E-state index in [0.717, 1.165) is 0 Å². The summed E-state index contributed by atoms with van der Waals surface area (Å²) in [6, 6.07) is 0. The molecule has 3 radical (unpaired) electrons. The van der Waals surface area contributed by atoms with Gasteiger partial charge in [-0.25, -0.2) is 0 Å². The second-order valence-corrected chi connectivity index (χ2v) is 2.68. The molecule has 11 nitrogen and oxygen atoms in total. The Morgan fingerprint density at radius 1 is 0.500 bits per heavy atom. The van der Waals surface area contributed by atoms with E-state index in [-0.39, 0.29) is 67.6 Å². The molecule has 115 valence electrons. The van der Waals surface area contributed by atoms with Crippen LogP contribution in [0.5, 0.6) is 0 Å². The van der Waals surface area contributed by atoms with Crippen molar-refractivity contribution in [2.75, 3.05) is 0 Å². The van der Waals surface area contributed by atoms with Crippen molar-refractivity contribution in [2.45, 2.75) is 0 Å². The van der Waals surface area contributed by atoms with E-state index in [1.165, 1.54) is 0 Å². The van der Waals surface area contributed by atoms with Gasteiger partial charge in [-0.1, -0.05) is 0 Å². The molecule has 0 amide bonds. The molecule has 0 aromatic carbocycles. The molecule has 0 unspecified atom stereocenters. The molecule has 16 heteroatoms. The van der Waals surface area contributed by atoms with E-state index < -0.39 is 15.6 Å². The predicted molar refractivity (Wildman–Crippen MR) is 26.1 cm³/mol. The minimum absolute atomic E-state index is 0. The molecule has 0 aliphatic carbocycles. The monoisotopic (exact) mass is 433 g/mol. The largest absolute Gasteiger partial charge is 2.00 e. The molecule has 0 rings (SSSR count). The molecule has 6 N–H and O–H groups in total. The van der Waals surface area contributed by atoms with Gasteiger partial charge in [0.2, 0.25) is 0 Å². The van der Waals surface area contributed by atoms with Crippen LogP contribution in [0.2, 0.25) is 0 Å². The number of rotatable bonds is 0. The first kappa shape index (κ1) is 52.5. The minimum atomic E-state index is -5.39. The van der Waals surface area contributed by atoms with Gasteiger partial charge in [0.1, 0.15) is 0 Å². The van der Waals surface area contributed by atoms with Crippen molar-refractivity contribution in [1.82, 2.24) is 0 Å². The molecule has 0 fully saturated rings. The van der Waals surface area contributed by atoms with Crippen LogP contribution in [0.15, 0.2) is 0 Å². The zero-order valence-electron chi connectivity index (χ0n) is 6.56. The molecule has 0 atom stereocenters. The average Bonchev–Trinajstić information content (AvgIpc) is 1.12. The zero-order valence-corrected chi connectivity index (χ0v) is 11.2. The van der Waals surface area contributed by atoms with E-state index in [2.05, 4.69) is 0 Å². The van der Waals surface area contributed by atoms with Crippen LogP contribution in [0.4, 0.5) is 0 Å². The van der Waals surface area contributed by atoms with E-state index in [1.54, 1.807) is 0 Å². The van der Waals surface area contributed by atoms with Crippen LogP contribution in [0, 0.1) is 0 Å². The number of phosphoric acid groups is 2. The van der Waals surface area contributed by atoms with Gasteiger partial charge in [-0.05, 0) is 0 Å². The molecular formula is H6Cu3O11P2. The van der Waals surface area contributed by atoms with Crippen LogP contribution in [0.3, 0.4) is 0 Å². The standard InChI is InChI=1S/3Cu.2H3O4P.3H2O/c;;;2*1-5(2,3)4;;;/h;;;2*(H3,1,2,3,4);3*1H2/q3*+2;;;;;/p-6. The Hall–Kier alpha value is 1.66. The summed E-state index contributed by atoms with van der Waals surface area (Å²) in [6.45, 7) is 0. The van der Waals surface area contributed by atoms with Gasteiger partial charge < -0.3 is 54.9 Å². The van der Waals surface area contributed by atoms with E-state index >= 15 is 0 Å². The maximum absolute atomic E-state index is 8.55. The average molecular weight is 435 g/mol. The van der Waals surface area contributed by atoms with E-state index in [1.807, 2.05) is 0 Å². The van der Waals surface area contributed by atoms with Crippen LogP contribution in [-0.2, 0) is 60.3 Å². The molecule has 0 bridgehead atoms. The Labute approximate surface area is 121 Å². The third-order valence-corrected chi connectivity index (χ3v) is 0. The fourth-order valence-corrected chi connectivity index (χ4v) is 0. The van der Waals surface area contributed by atoms with Crippen molar-refractivity contribution in [1.29, 1.82) is 0 Å². The van der Waals surface area contributed by atoms with Gasteiger partial charge in [-0.2, -0.15) is 15.6 Å². The number of hydrogen-bond acceptors (Lipinski definition) is 8. The first-order chi connectivity index (χ1) is 4.00. The van der Waals surface area contributed by atoms with Gasteiger partial charge in [0, 0.05) is 0 Å². The Morgan fingerprint density at radius 3 is 0.500 bits per heavy atom. The van der Waals surface area contributed by atoms with E-state index in [0.29, 0.717) is 0 Å². The fourth-order valence-electron chi connectivity index (χ4n) is 0. The summed E-state index contributed by atoms with van der Waals surface area (Å²) in [6.07, 6.45) is 0. The summed E-state index contributed by atoms with van der Waals surface area (Å²) in [5, 5.41) is 0. The molecule has 0 saturated heterocycles. The molecule has 0 aromatic rings. The van der Waals surface area contributed by atoms with Gasteiger partial charge >= 0.3 is 51.2 Å². The second-order valence-electron chi connectivity index (χ2n) is 0.894. The Kier molecular flexibility index (Phi) is 71.9. The first-order valence-electron chi connectivity index (χ1n) is 1.46. The predicted octanol–water partition coefficient (Wildman–Crippen LogP) is -8.13. The molecule has 0 aliphatic rings. The van der Waals surface area contributed by atoms with Crippen LogP contribution in [0.25, 0.3) is 0 Å². The summed E-state index contributed by atoms with van der Waals surface area (Å²) in [7, 11) is -10.8. The third-order valence-electron chi connectivity index (χ3n) is 0. The minimum Gasteiger partial charge on any atom is -0.822 e. The zero-order chi connectivity index (χ0) is 9.00. The summed E-state index contributed by atoms with van der Waals surface area (Å²) < 4.78 is 17.1. The second kappa shape index (κ2) is 21.9. The third kappa shape index (κ3) is 1220. The SMILES string of the molecule is O.O.O.O=P([O-])([O-])[O-].O=P([O-])([O-])[O-].[Cu+2].[Cu+2].[Cu+2]. The van der Waals surface area contributed by atoms with Crippen molar-refractivity contribution in [2.24, 2.45) is 0 Å². The molecule has 0 spiro atoms. The maximum Gasteiger partial charge on any atom is 2.00 e. The molecule has 0 heterocycles. The summed E-state index contributed by atoms with van der Waals surface area (Å²) in [5.74, 6) is 0. The van der Waals surface area contributed by atoms with Gasteiger partial charge in [0.05, 0.1) is 0 Å². The topological polar surface area (TPSA) is 267 Å². The fraction of sp³-hybridized carbons (Fsp3) is 0. The molecule has 0 aromatic heterocycles. The summed E-state index contributed by atoms with van der Waals surface area (Å²) in [4.78, 5) is 51.3. The summed E-state index contributed by atoms with van der Waals surface area (Å²) in [5.41, 5.74) is 0. The van der Waals surface area contributed by atoms with Crippen molar-refractivity contribution in [3.63, 3.8) is 0 Å². The van der Waals surface area contributed by atoms with Crippen LogP contribution >= 0.6 is 15.6 Å². The first-order valence-corrected chi connectivity index (χ1v) is 4.38. The molecular weight excluding hydrogens is 429 g/mol. The normalized spacial score (nSPS) is 7.38. The molecule has 16 heavy (non-hydrogen) atoms. The quantitative estimate of drug-likeness (QED) is 0.260.